The zero-order valence-electron chi connectivity index (χ0n) is 13.7. The maximum atomic E-state index is 12.2. The van der Waals surface area contributed by atoms with Crippen LogP contribution in [0, 0.1) is 0 Å². The molecule has 3 aromatic rings. The molecule has 0 bridgehead atoms. The number of hydrazone groups is 1. The van der Waals surface area contributed by atoms with E-state index < -0.39 is 0 Å². The third-order valence-corrected chi connectivity index (χ3v) is 3.62. The number of carbonyl (C=O) groups is 1. The summed E-state index contributed by atoms with van der Waals surface area (Å²) in [5.41, 5.74) is 3.95. The second kappa shape index (κ2) is 7.93. The van der Waals surface area contributed by atoms with E-state index in [1.165, 1.54) is 0 Å². The standard InChI is InChI=1S/C21H18N2O2/c1-2-12-25-20-9-5-6-16(13-20)15-22-23-21(24)19-11-10-17-7-3-4-8-18(17)14-19/h2-11,13-15H,1,12H2,(H,23,24)/b22-15-. The Morgan fingerprint density at radius 3 is 2.72 bits per heavy atom. The van der Waals surface area contributed by atoms with Gasteiger partial charge in [0.25, 0.3) is 5.91 Å². The lowest BCUT2D eigenvalue weighted by Gasteiger charge is -2.04. The molecule has 0 spiro atoms. The van der Waals surface area contributed by atoms with Crippen LogP contribution >= 0.6 is 0 Å². The summed E-state index contributed by atoms with van der Waals surface area (Å²) in [7, 11) is 0. The Bertz CT molecular complexity index is 932. The zero-order valence-corrected chi connectivity index (χ0v) is 13.7. The van der Waals surface area contributed by atoms with E-state index in [9.17, 15) is 4.79 Å². The fourth-order valence-corrected chi connectivity index (χ4v) is 2.40. The van der Waals surface area contributed by atoms with Gasteiger partial charge < -0.3 is 4.74 Å². The maximum absolute atomic E-state index is 12.2. The largest absolute Gasteiger partial charge is 0.490 e. The van der Waals surface area contributed by atoms with Crippen LogP contribution in [0.1, 0.15) is 15.9 Å². The summed E-state index contributed by atoms with van der Waals surface area (Å²) in [4.78, 5) is 12.2. The molecule has 25 heavy (non-hydrogen) atoms. The number of amides is 1. The molecule has 0 aromatic heterocycles. The molecule has 0 aliphatic heterocycles. The van der Waals surface area contributed by atoms with Crippen molar-refractivity contribution >= 4 is 22.9 Å². The second-order valence-electron chi connectivity index (χ2n) is 5.43. The van der Waals surface area contributed by atoms with E-state index in [2.05, 4.69) is 17.1 Å². The Labute approximate surface area is 146 Å². The average molecular weight is 330 g/mol. The molecule has 0 heterocycles. The van der Waals surface area contributed by atoms with E-state index in [-0.39, 0.29) is 5.91 Å². The Morgan fingerprint density at radius 1 is 1.04 bits per heavy atom. The molecule has 3 aromatic carbocycles. The Hall–Kier alpha value is -3.40. The van der Waals surface area contributed by atoms with Crippen molar-refractivity contribution in [1.82, 2.24) is 5.43 Å². The maximum Gasteiger partial charge on any atom is 0.271 e. The van der Waals surface area contributed by atoms with Crippen LogP contribution in [0.5, 0.6) is 5.75 Å². The van der Waals surface area contributed by atoms with Gasteiger partial charge >= 0.3 is 0 Å². The summed E-state index contributed by atoms with van der Waals surface area (Å²) >= 11 is 0. The molecule has 1 N–H and O–H groups in total. The van der Waals surface area contributed by atoms with Crippen LogP contribution in [0.2, 0.25) is 0 Å². The highest BCUT2D eigenvalue weighted by molar-refractivity contribution is 5.98. The predicted molar refractivity (Wildman–Crippen MR) is 101 cm³/mol. The van der Waals surface area contributed by atoms with Gasteiger partial charge in [-0.15, -0.1) is 0 Å². The molecular weight excluding hydrogens is 312 g/mol. The van der Waals surface area contributed by atoms with Crippen molar-refractivity contribution in [1.29, 1.82) is 0 Å². The minimum atomic E-state index is -0.249. The predicted octanol–water partition coefficient (Wildman–Crippen LogP) is 4.17. The van der Waals surface area contributed by atoms with E-state index >= 15 is 0 Å². The molecule has 3 rings (SSSR count). The van der Waals surface area contributed by atoms with Crippen molar-refractivity contribution in [2.75, 3.05) is 6.61 Å². The Morgan fingerprint density at radius 2 is 1.88 bits per heavy atom. The van der Waals surface area contributed by atoms with Gasteiger partial charge in [-0.25, -0.2) is 5.43 Å². The lowest BCUT2D eigenvalue weighted by atomic mass is 10.1. The molecule has 4 nitrogen and oxygen atoms in total. The number of nitrogens with zero attached hydrogens (tertiary/aromatic N) is 1. The monoisotopic (exact) mass is 330 g/mol. The zero-order chi connectivity index (χ0) is 17.5. The first-order chi connectivity index (χ1) is 12.3. The molecule has 0 saturated heterocycles. The highest BCUT2D eigenvalue weighted by Crippen LogP contribution is 2.15. The topological polar surface area (TPSA) is 50.7 Å². The van der Waals surface area contributed by atoms with Crippen LogP contribution in [0.15, 0.2) is 84.5 Å². The fourth-order valence-electron chi connectivity index (χ4n) is 2.40. The number of hydrogen-bond acceptors (Lipinski definition) is 3. The average Bonchev–Trinajstić information content (AvgIpc) is 2.66. The summed E-state index contributed by atoms with van der Waals surface area (Å²) in [6.45, 7) is 4.06. The molecule has 0 fully saturated rings. The molecule has 0 saturated carbocycles. The van der Waals surface area contributed by atoms with Gasteiger partial charge in [0, 0.05) is 5.56 Å². The smallest absolute Gasteiger partial charge is 0.271 e. The van der Waals surface area contributed by atoms with E-state index in [0.29, 0.717) is 12.2 Å². The van der Waals surface area contributed by atoms with Gasteiger partial charge in [0.05, 0.1) is 6.21 Å². The molecule has 0 aliphatic rings. The SMILES string of the molecule is C=CCOc1cccc(/C=N\NC(=O)c2ccc3ccccc3c2)c1. The number of carbonyl (C=O) groups excluding carboxylic acids is 1. The van der Waals surface area contributed by atoms with Crippen LogP contribution in [-0.2, 0) is 0 Å². The number of nitrogens with one attached hydrogen (secondary N) is 1. The van der Waals surface area contributed by atoms with E-state index in [1.807, 2.05) is 60.7 Å². The van der Waals surface area contributed by atoms with Crippen molar-refractivity contribution in [2.24, 2.45) is 5.10 Å². The Kier molecular flexibility index (Phi) is 5.22. The fraction of sp³-hybridized carbons (Fsp3) is 0.0476. The Balaban J connectivity index is 1.66. The number of ether oxygens (including phenoxy) is 1. The third kappa shape index (κ3) is 4.32. The minimum absolute atomic E-state index is 0.249. The normalized spacial score (nSPS) is 10.7. The molecule has 4 heteroatoms. The highest BCUT2D eigenvalue weighted by Gasteiger charge is 2.04. The molecule has 0 unspecified atom stereocenters. The van der Waals surface area contributed by atoms with Crippen molar-refractivity contribution in [3.63, 3.8) is 0 Å². The van der Waals surface area contributed by atoms with Crippen molar-refractivity contribution in [3.05, 3.63) is 90.5 Å². The van der Waals surface area contributed by atoms with E-state index in [0.717, 1.165) is 22.1 Å². The van der Waals surface area contributed by atoms with E-state index in [4.69, 9.17) is 4.74 Å². The van der Waals surface area contributed by atoms with Crippen LogP contribution in [0.25, 0.3) is 10.8 Å². The summed E-state index contributed by atoms with van der Waals surface area (Å²) in [6, 6.07) is 20.9. The van der Waals surface area contributed by atoms with Crippen LogP contribution in [-0.4, -0.2) is 18.7 Å². The minimum Gasteiger partial charge on any atom is -0.490 e. The van der Waals surface area contributed by atoms with Gasteiger partial charge in [0.2, 0.25) is 0 Å². The first kappa shape index (κ1) is 16.5. The molecule has 1 amide bonds. The molecular formula is C21H18N2O2. The molecule has 0 radical (unpaired) electrons. The summed E-state index contributed by atoms with van der Waals surface area (Å²) in [5, 5.41) is 6.13. The highest BCUT2D eigenvalue weighted by atomic mass is 16.5. The van der Waals surface area contributed by atoms with Gasteiger partial charge in [0.15, 0.2) is 0 Å². The van der Waals surface area contributed by atoms with Crippen LogP contribution in [0.3, 0.4) is 0 Å². The second-order valence-corrected chi connectivity index (χ2v) is 5.43. The van der Waals surface area contributed by atoms with Crippen molar-refractivity contribution < 1.29 is 9.53 Å². The number of fused-ring (bicyclic) bond motifs is 1. The van der Waals surface area contributed by atoms with Crippen molar-refractivity contribution in [2.45, 2.75) is 0 Å². The number of benzene rings is 3. The van der Waals surface area contributed by atoms with Crippen LogP contribution < -0.4 is 10.2 Å². The summed E-state index contributed by atoms with van der Waals surface area (Å²) < 4.78 is 5.47. The van der Waals surface area contributed by atoms with Crippen LogP contribution in [0.4, 0.5) is 0 Å². The van der Waals surface area contributed by atoms with Crippen molar-refractivity contribution in [3.8, 4) is 5.75 Å². The van der Waals surface area contributed by atoms with Gasteiger partial charge in [0.1, 0.15) is 12.4 Å². The summed E-state index contributed by atoms with van der Waals surface area (Å²) in [6.07, 6.45) is 3.27. The van der Waals surface area contributed by atoms with Gasteiger partial charge in [-0.05, 0) is 40.6 Å². The quantitative estimate of drug-likeness (QED) is 0.419. The number of hydrogen-bond donors (Lipinski definition) is 1. The summed E-state index contributed by atoms with van der Waals surface area (Å²) in [5.74, 6) is 0.478. The lowest BCUT2D eigenvalue weighted by Crippen LogP contribution is -2.17. The van der Waals surface area contributed by atoms with Gasteiger partial charge in [-0.1, -0.05) is 55.1 Å². The first-order valence-corrected chi connectivity index (χ1v) is 7.92. The molecule has 124 valence electrons. The third-order valence-electron chi connectivity index (χ3n) is 3.62. The number of rotatable bonds is 6. The first-order valence-electron chi connectivity index (χ1n) is 7.92. The van der Waals surface area contributed by atoms with E-state index in [1.54, 1.807) is 18.4 Å². The molecule has 0 aliphatic carbocycles. The van der Waals surface area contributed by atoms with Gasteiger partial charge in [-0.3, -0.25) is 4.79 Å². The lowest BCUT2D eigenvalue weighted by molar-refractivity contribution is 0.0955. The van der Waals surface area contributed by atoms with Gasteiger partial charge in [-0.2, -0.15) is 5.10 Å². The molecule has 0 atom stereocenters.